The Morgan fingerprint density at radius 3 is 3.05 bits per heavy atom. The molecular weight excluding hydrogens is 266 g/mol. The molecule has 0 bridgehead atoms. The van der Waals surface area contributed by atoms with Crippen LogP contribution in [0.1, 0.15) is 5.01 Å². The molecule has 3 aromatic rings. The van der Waals surface area contributed by atoms with Crippen molar-refractivity contribution in [2.45, 2.75) is 6.54 Å². The molecule has 2 N–H and O–H groups in total. The van der Waals surface area contributed by atoms with Crippen LogP contribution >= 0.6 is 11.3 Å². The molecule has 0 fully saturated rings. The van der Waals surface area contributed by atoms with Gasteiger partial charge in [-0.3, -0.25) is 0 Å². The Balaban J connectivity index is 2.03. The fraction of sp³-hybridized carbons (Fsp3) is 0.0909. The molecule has 0 aromatic carbocycles. The lowest BCUT2D eigenvalue weighted by Crippen LogP contribution is -2.23. The number of hydrogen-bond donors (Lipinski definition) is 2. The number of nitrogens with zero attached hydrogens (tertiary/aromatic N) is 4. The van der Waals surface area contributed by atoms with Gasteiger partial charge in [0.1, 0.15) is 10.8 Å². The van der Waals surface area contributed by atoms with Crippen LogP contribution in [0.15, 0.2) is 34.7 Å². The van der Waals surface area contributed by atoms with Gasteiger partial charge in [0.25, 0.3) is 0 Å². The molecule has 0 amide bonds. The molecule has 8 heteroatoms. The van der Waals surface area contributed by atoms with Gasteiger partial charge in [-0.2, -0.15) is 4.98 Å². The fourth-order valence-electron chi connectivity index (χ4n) is 1.68. The van der Waals surface area contributed by atoms with E-state index < -0.39 is 5.69 Å². The molecule has 0 aliphatic heterocycles. The molecule has 0 saturated heterocycles. The Morgan fingerprint density at radius 1 is 1.37 bits per heavy atom. The zero-order valence-corrected chi connectivity index (χ0v) is 10.5. The molecule has 19 heavy (non-hydrogen) atoms. The van der Waals surface area contributed by atoms with Crippen LogP contribution < -0.4 is 11.0 Å². The SMILES string of the molecule is O=c1nc(NCc2nccs2)c2cccnc2n1O. The topological polar surface area (TPSA) is 92.9 Å². The monoisotopic (exact) mass is 275 g/mol. The van der Waals surface area contributed by atoms with Crippen LogP contribution in [0.3, 0.4) is 0 Å². The van der Waals surface area contributed by atoms with Crippen molar-refractivity contribution in [1.82, 2.24) is 19.7 Å². The van der Waals surface area contributed by atoms with Crippen molar-refractivity contribution in [3.63, 3.8) is 0 Å². The molecule has 0 atom stereocenters. The van der Waals surface area contributed by atoms with Gasteiger partial charge in [0, 0.05) is 17.8 Å². The number of rotatable bonds is 3. The summed E-state index contributed by atoms with van der Waals surface area (Å²) in [6.07, 6.45) is 3.21. The van der Waals surface area contributed by atoms with Gasteiger partial charge in [-0.25, -0.2) is 14.8 Å². The summed E-state index contributed by atoms with van der Waals surface area (Å²) in [4.78, 5) is 23.4. The standard InChI is InChI=1S/C11H9N5O2S/c17-11-15-9(14-6-8-12-4-5-19-8)7-2-1-3-13-10(7)16(11)18/h1-5,18H,6H2,(H,14,15,17). The normalized spacial score (nSPS) is 10.7. The molecular formula is C11H9N5O2S. The highest BCUT2D eigenvalue weighted by Gasteiger charge is 2.10. The highest BCUT2D eigenvalue weighted by atomic mass is 32.1. The first-order chi connectivity index (χ1) is 9.25. The zero-order chi connectivity index (χ0) is 13.2. The summed E-state index contributed by atoms with van der Waals surface area (Å²) >= 11 is 1.51. The average molecular weight is 275 g/mol. The molecule has 0 unspecified atom stereocenters. The second kappa shape index (κ2) is 4.65. The molecule has 0 aliphatic carbocycles. The van der Waals surface area contributed by atoms with Crippen LogP contribution in [-0.4, -0.2) is 24.9 Å². The molecule has 96 valence electrons. The summed E-state index contributed by atoms with van der Waals surface area (Å²) in [6.45, 7) is 0.462. The highest BCUT2D eigenvalue weighted by molar-refractivity contribution is 7.09. The van der Waals surface area contributed by atoms with Crippen LogP contribution in [0.4, 0.5) is 5.82 Å². The lowest BCUT2D eigenvalue weighted by molar-refractivity contribution is 0.182. The summed E-state index contributed by atoms with van der Waals surface area (Å²) in [6, 6.07) is 3.44. The first kappa shape index (κ1) is 11.6. The number of anilines is 1. The minimum absolute atomic E-state index is 0.170. The second-order valence-electron chi connectivity index (χ2n) is 3.71. The van der Waals surface area contributed by atoms with Crippen molar-refractivity contribution < 1.29 is 5.21 Å². The first-order valence-corrected chi connectivity index (χ1v) is 6.33. The minimum atomic E-state index is -0.771. The predicted octanol–water partition coefficient (Wildman–Crippen LogP) is 1.10. The number of aromatic nitrogens is 4. The van der Waals surface area contributed by atoms with Crippen molar-refractivity contribution in [3.05, 3.63) is 45.4 Å². The Morgan fingerprint density at radius 2 is 2.26 bits per heavy atom. The smallest absolute Gasteiger partial charge is 0.384 e. The molecule has 3 aromatic heterocycles. The van der Waals surface area contributed by atoms with Crippen LogP contribution in [0.5, 0.6) is 0 Å². The molecule has 3 heterocycles. The summed E-state index contributed by atoms with van der Waals surface area (Å²) in [7, 11) is 0. The van der Waals surface area contributed by atoms with E-state index in [2.05, 4.69) is 20.3 Å². The van der Waals surface area contributed by atoms with E-state index in [-0.39, 0.29) is 5.65 Å². The first-order valence-electron chi connectivity index (χ1n) is 5.45. The summed E-state index contributed by atoms with van der Waals surface area (Å²) in [5.41, 5.74) is -0.600. The number of nitrogens with one attached hydrogen (secondary N) is 1. The van der Waals surface area contributed by atoms with Crippen LogP contribution in [0.25, 0.3) is 11.0 Å². The quantitative estimate of drug-likeness (QED) is 0.695. The maximum absolute atomic E-state index is 11.5. The molecule has 0 aliphatic rings. The van der Waals surface area contributed by atoms with E-state index in [1.807, 2.05) is 5.38 Å². The van der Waals surface area contributed by atoms with Crippen molar-refractivity contribution in [1.29, 1.82) is 0 Å². The summed E-state index contributed by atoms with van der Waals surface area (Å²) in [5.74, 6) is 0.383. The lowest BCUT2D eigenvalue weighted by Gasteiger charge is -2.07. The third-order valence-corrected chi connectivity index (χ3v) is 3.30. The van der Waals surface area contributed by atoms with Gasteiger partial charge >= 0.3 is 5.69 Å². The number of fused-ring (bicyclic) bond motifs is 1. The highest BCUT2D eigenvalue weighted by Crippen LogP contribution is 2.17. The Kier molecular flexibility index (Phi) is 2.84. The van der Waals surface area contributed by atoms with E-state index in [0.717, 1.165) is 5.01 Å². The Hall–Kier alpha value is -2.48. The second-order valence-corrected chi connectivity index (χ2v) is 4.69. The largest absolute Gasteiger partial charge is 0.422 e. The molecule has 3 rings (SSSR count). The third kappa shape index (κ3) is 2.13. The summed E-state index contributed by atoms with van der Waals surface area (Å²) < 4.78 is 0.434. The average Bonchev–Trinajstić information content (AvgIpc) is 2.95. The number of hydrogen-bond acceptors (Lipinski definition) is 7. The zero-order valence-electron chi connectivity index (χ0n) is 9.65. The van der Waals surface area contributed by atoms with E-state index in [0.29, 0.717) is 22.5 Å². The van der Waals surface area contributed by atoms with Gasteiger partial charge in [-0.15, -0.1) is 16.1 Å². The van der Waals surface area contributed by atoms with Gasteiger partial charge in [-0.1, -0.05) is 0 Å². The maximum atomic E-state index is 11.5. The van der Waals surface area contributed by atoms with Gasteiger partial charge in [-0.05, 0) is 12.1 Å². The van der Waals surface area contributed by atoms with Gasteiger partial charge < -0.3 is 10.5 Å². The predicted molar refractivity (Wildman–Crippen MR) is 70.4 cm³/mol. The summed E-state index contributed by atoms with van der Waals surface area (Å²) in [5, 5.41) is 15.9. The maximum Gasteiger partial charge on any atom is 0.384 e. The molecule has 0 spiro atoms. The van der Waals surface area contributed by atoms with Gasteiger partial charge in [0.2, 0.25) is 0 Å². The number of thiazole rings is 1. The van der Waals surface area contributed by atoms with E-state index in [1.165, 1.54) is 17.5 Å². The van der Waals surface area contributed by atoms with E-state index >= 15 is 0 Å². The lowest BCUT2D eigenvalue weighted by atomic mass is 10.3. The molecule has 0 saturated carbocycles. The van der Waals surface area contributed by atoms with Crippen molar-refractivity contribution in [3.8, 4) is 0 Å². The Bertz CT molecular complexity index is 768. The molecule has 0 radical (unpaired) electrons. The van der Waals surface area contributed by atoms with Crippen molar-refractivity contribution in [2.75, 3.05) is 5.32 Å². The van der Waals surface area contributed by atoms with E-state index in [9.17, 15) is 10.0 Å². The Labute approximate surface area is 111 Å². The fourth-order valence-corrected chi connectivity index (χ4v) is 2.23. The van der Waals surface area contributed by atoms with Crippen molar-refractivity contribution in [2.24, 2.45) is 0 Å². The van der Waals surface area contributed by atoms with Crippen molar-refractivity contribution >= 4 is 28.2 Å². The van der Waals surface area contributed by atoms with Gasteiger partial charge in [0.05, 0.1) is 11.9 Å². The van der Waals surface area contributed by atoms with Crippen LogP contribution in [0, 0.1) is 0 Å². The van der Waals surface area contributed by atoms with E-state index in [1.54, 1.807) is 18.3 Å². The minimum Gasteiger partial charge on any atom is -0.422 e. The van der Waals surface area contributed by atoms with Crippen LogP contribution in [0.2, 0.25) is 0 Å². The number of pyridine rings is 1. The third-order valence-electron chi connectivity index (χ3n) is 2.52. The van der Waals surface area contributed by atoms with Gasteiger partial charge in [0.15, 0.2) is 5.65 Å². The van der Waals surface area contributed by atoms with Crippen LogP contribution in [-0.2, 0) is 6.54 Å². The van der Waals surface area contributed by atoms with E-state index in [4.69, 9.17) is 0 Å². The molecule has 7 nitrogen and oxygen atoms in total.